The Morgan fingerprint density at radius 2 is 1.81 bits per heavy atom. The van der Waals surface area contributed by atoms with E-state index in [2.05, 4.69) is 15.5 Å². The molecule has 2 aromatic carbocycles. The molecule has 0 aliphatic rings. The Labute approximate surface area is 123 Å². The van der Waals surface area contributed by atoms with E-state index in [1.54, 1.807) is 0 Å². The number of hydrogen-bond donors (Lipinski definition) is 1. The van der Waals surface area contributed by atoms with E-state index < -0.39 is 11.6 Å². The van der Waals surface area contributed by atoms with Gasteiger partial charge >= 0.3 is 0 Å². The molecule has 21 heavy (non-hydrogen) atoms. The Balaban J connectivity index is 2.12. The number of benzene rings is 2. The van der Waals surface area contributed by atoms with Crippen LogP contribution in [0.2, 0.25) is 5.02 Å². The van der Waals surface area contributed by atoms with Crippen molar-refractivity contribution in [2.45, 2.75) is 0 Å². The molecule has 0 bridgehead atoms. The summed E-state index contributed by atoms with van der Waals surface area (Å²) in [7, 11) is 0. The van der Waals surface area contributed by atoms with Crippen LogP contribution >= 0.6 is 11.6 Å². The van der Waals surface area contributed by atoms with Gasteiger partial charge in [0.2, 0.25) is 0 Å². The van der Waals surface area contributed by atoms with Crippen LogP contribution in [0.5, 0.6) is 0 Å². The van der Waals surface area contributed by atoms with Gasteiger partial charge in [-0.2, -0.15) is 4.68 Å². The van der Waals surface area contributed by atoms with Crippen LogP contribution in [-0.2, 0) is 0 Å². The molecule has 0 spiro atoms. The minimum absolute atomic E-state index is 0.0146. The average Bonchev–Trinajstić information content (AvgIpc) is 2.94. The van der Waals surface area contributed by atoms with Crippen molar-refractivity contribution in [2.75, 3.05) is 5.73 Å². The molecule has 8 heteroatoms. The summed E-state index contributed by atoms with van der Waals surface area (Å²) >= 11 is 5.75. The summed E-state index contributed by atoms with van der Waals surface area (Å²) in [6.45, 7) is 0. The summed E-state index contributed by atoms with van der Waals surface area (Å²) in [5, 5.41) is 11.2. The topological polar surface area (TPSA) is 69.6 Å². The number of nitrogen functional groups attached to an aromatic ring is 1. The molecule has 1 heterocycles. The molecule has 3 rings (SSSR count). The second-order valence-electron chi connectivity index (χ2n) is 4.25. The highest BCUT2D eigenvalue weighted by Gasteiger charge is 2.13. The molecule has 1 aromatic heterocycles. The highest BCUT2D eigenvalue weighted by Crippen LogP contribution is 2.25. The Kier molecular flexibility index (Phi) is 3.26. The lowest BCUT2D eigenvalue weighted by atomic mass is 10.2. The molecule has 0 fully saturated rings. The Morgan fingerprint density at radius 1 is 1.05 bits per heavy atom. The van der Waals surface area contributed by atoms with Gasteiger partial charge in [-0.15, -0.1) is 5.10 Å². The zero-order valence-corrected chi connectivity index (χ0v) is 11.2. The number of tetrazole rings is 1. The molecule has 0 saturated heterocycles. The molecule has 106 valence electrons. The molecular weight excluding hydrogens is 300 g/mol. The first kappa shape index (κ1) is 13.4. The number of halogens is 3. The van der Waals surface area contributed by atoms with Crippen molar-refractivity contribution in [1.82, 2.24) is 20.2 Å². The summed E-state index contributed by atoms with van der Waals surface area (Å²) < 4.78 is 27.8. The number of hydrogen-bond acceptors (Lipinski definition) is 4. The fraction of sp³-hybridized carbons (Fsp3) is 0. The maximum atomic E-state index is 13.2. The van der Waals surface area contributed by atoms with Gasteiger partial charge in [0.05, 0.1) is 16.4 Å². The molecule has 3 aromatic rings. The third kappa shape index (κ3) is 2.43. The van der Waals surface area contributed by atoms with Gasteiger partial charge in [0.1, 0.15) is 11.6 Å². The number of rotatable bonds is 2. The van der Waals surface area contributed by atoms with Gasteiger partial charge < -0.3 is 5.73 Å². The Hall–Kier alpha value is -2.54. The standard InChI is InChI=1S/C13H8ClF2N5/c14-9-6-8(2-4-10(9)15)21-13(18-19-20-21)7-1-3-11(16)12(17)5-7/h1-6H,17H2. The van der Waals surface area contributed by atoms with Gasteiger partial charge in [-0.05, 0) is 46.8 Å². The summed E-state index contributed by atoms with van der Waals surface area (Å²) in [5.41, 5.74) is 6.52. The zero-order valence-electron chi connectivity index (χ0n) is 10.5. The van der Waals surface area contributed by atoms with E-state index in [4.69, 9.17) is 17.3 Å². The van der Waals surface area contributed by atoms with Crippen molar-refractivity contribution in [3.63, 3.8) is 0 Å². The van der Waals surface area contributed by atoms with E-state index in [9.17, 15) is 8.78 Å². The van der Waals surface area contributed by atoms with E-state index in [0.29, 0.717) is 17.1 Å². The maximum absolute atomic E-state index is 13.2. The number of aromatic nitrogens is 4. The van der Waals surface area contributed by atoms with Crippen molar-refractivity contribution in [3.05, 3.63) is 53.1 Å². The van der Waals surface area contributed by atoms with Crippen LogP contribution in [0.4, 0.5) is 14.5 Å². The van der Waals surface area contributed by atoms with Gasteiger partial charge in [0.25, 0.3) is 0 Å². The molecule has 0 saturated carbocycles. The average molecular weight is 308 g/mol. The van der Waals surface area contributed by atoms with Crippen molar-refractivity contribution in [3.8, 4) is 17.1 Å². The van der Waals surface area contributed by atoms with Gasteiger partial charge in [0.15, 0.2) is 5.82 Å². The number of anilines is 1. The highest BCUT2D eigenvalue weighted by atomic mass is 35.5. The third-order valence-corrected chi connectivity index (χ3v) is 3.16. The molecule has 0 aliphatic heterocycles. The molecule has 0 amide bonds. The summed E-state index contributed by atoms with van der Waals surface area (Å²) in [6.07, 6.45) is 0. The van der Waals surface area contributed by atoms with Gasteiger partial charge in [0, 0.05) is 5.56 Å². The van der Waals surface area contributed by atoms with Crippen LogP contribution in [0.3, 0.4) is 0 Å². The first-order valence-corrected chi connectivity index (χ1v) is 6.23. The number of nitrogens with zero attached hydrogens (tertiary/aromatic N) is 4. The quantitative estimate of drug-likeness (QED) is 0.739. The second-order valence-corrected chi connectivity index (χ2v) is 4.66. The zero-order chi connectivity index (χ0) is 15.0. The lowest BCUT2D eigenvalue weighted by Crippen LogP contribution is -2.01. The summed E-state index contributed by atoms with van der Waals surface area (Å²) in [6, 6.07) is 8.22. The van der Waals surface area contributed by atoms with Crippen LogP contribution in [0.1, 0.15) is 0 Å². The van der Waals surface area contributed by atoms with Crippen LogP contribution in [0.15, 0.2) is 36.4 Å². The van der Waals surface area contributed by atoms with E-state index in [1.807, 2.05) is 0 Å². The second kappa shape index (κ2) is 5.10. The SMILES string of the molecule is Nc1cc(-c2nnnn2-c2ccc(F)c(Cl)c2)ccc1F. The van der Waals surface area contributed by atoms with Crippen LogP contribution < -0.4 is 5.73 Å². The highest BCUT2D eigenvalue weighted by molar-refractivity contribution is 6.30. The number of nitrogens with two attached hydrogens (primary N) is 1. The first-order chi connectivity index (χ1) is 10.1. The van der Waals surface area contributed by atoms with Gasteiger partial charge in [-0.3, -0.25) is 0 Å². The van der Waals surface area contributed by atoms with E-state index >= 15 is 0 Å². The molecule has 2 N–H and O–H groups in total. The van der Waals surface area contributed by atoms with Crippen molar-refractivity contribution >= 4 is 17.3 Å². The lowest BCUT2D eigenvalue weighted by molar-refractivity contribution is 0.627. The van der Waals surface area contributed by atoms with Gasteiger partial charge in [-0.25, -0.2) is 8.78 Å². The lowest BCUT2D eigenvalue weighted by Gasteiger charge is -2.06. The third-order valence-electron chi connectivity index (χ3n) is 2.87. The van der Waals surface area contributed by atoms with E-state index in [1.165, 1.54) is 41.1 Å². The maximum Gasteiger partial charge on any atom is 0.187 e. The van der Waals surface area contributed by atoms with Crippen LogP contribution in [-0.4, -0.2) is 20.2 Å². The normalized spacial score (nSPS) is 10.8. The monoisotopic (exact) mass is 307 g/mol. The fourth-order valence-electron chi connectivity index (χ4n) is 1.84. The van der Waals surface area contributed by atoms with Crippen molar-refractivity contribution in [2.24, 2.45) is 0 Å². The summed E-state index contributed by atoms with van der Waals surface area (Å²) in [4.78, 5) is 0. The molecule has 0 aliphatic carbocycles. The smallest absolute Gasteiger partial charge is 0.187 e. The molecule has 5 nitrogen and oxygen atoms in total. The molecular formula is C13H8ClF2N5. The minimum Gasteiger partial charge on any atom is -0.396 e. The molecule has 0 unspecified atom stereocenters. The largest absolute Gasteiger partial charge is 0.396 e. The van der Waals surface area contributed by atoms with Crippen molar-refractivity contribution < 1.29 is 8.78 Å². The molecule has 0 atom stereocenters. The predicted molar refractivity (Wildman–Crippen MR) is 73.9 cm³/mol. The fourth-order valence-corrected chi connectivity index (χ4v) is 2.02. The van der Waals surface area contributed by atoms with Gasteiger partial charge in [-0.1, -0.05) is 11.6 Å². The first-order valence-electron chi connectivity index (χ1n) is 5.85. The van der Waals surface area contributed by atoms with Crippen LogP contribution in [0.25, 0.3) is 17.1 Å². The Morgan fingerprint density at radius 3 is 2.52 bits per heavy atom. The van der Waals surface area contributed by atoms with Crippen molar-refractivity contribution in [1.29, 1.82) is 0 Å². The molecule has 0 radical (unpaired) electrons. The minimum atomic E-state index is -0.541. The Bertz CT molecular complexity index is 752. The van der Waals surface area contributed by atoms with Crippen LogP contribution in [0, 0.1) is 11.6 Å². The predicted octanol–water partition coefficient (Wildman–Crippen LogP) is 2.84. The van der Waals surface area contributed by atoms with E-state index in [-0.39, 0.29) is 10.7 Å². The van der Waals surface area contributed by atoms with E-state index in [0.717, 1.165) is 0 Å². The summed E-state index contributed by atoms with van der Waals surface area (Å²) in [5.74, 6) is -0.729.